The fourth-order valence-electron chi connectivity index (χ4n) is 0.458. The van der Waals surface area contributed by atoms with Gasteiger partial charge in [0.1, 0.15) is 12.9 Å². The van der Waals surface area contributed by atoms with Crippen molar-refractivity contribution in [3.05, 3.63) is 36.6 Å². The van der Waals surface area contributed by atoms with Gasteiger partial charge in [0.05, 0.1) is 0 Å². The van der Waals surface area contributed by atoms with Crippen LogP contribution in [-0.4, -0.2) is 6.61 Å². The molecule has 1 aliphatic rings. The maximum Gasteiger partial charge on any atom is 0.129 e. The predicted molar refractivity (Wildman–Crippen MR) is 34.5 cm³/mol. The summed E-state index contributed by atoms with van der Waals surface area (Å²) in [5, 5.41) is 0. The number of allylic oxidation sites excluding steroid dienone is 4. The molecule has 0 aromatic carbocycles. The van der Waals surface area contributed by atoms with Gasteiger partial charge in [-0.1, -0.05) is 24.3 Å². The Morgan fingerprint density at radius 2 is 1.89 bits per heavy atom. The maximum absolute atomic E-state index is 4.64. The first-order valence-electron chi connectivity index (χ1n) is 2.77. The van der Waals surface area contributed by atoms with Crippen LogP contribution in [0.5, 0.6) is 0 Å². The van der Waals surface area contributed by atoms with E-state index in [1.165, 1.54) is 6.26 Å². The highest BCUT2D eigenvalue weighted by molar-refractivity contribution is 5.10. The van der Waals surface area contributed by atoms with Gasteiger partial charge in [-0.2, -0.15) is 4.89 Å². The topological polar surface area (TPSA) is 18.5 Å². The van der Waals surface area contributed by atoms with E-state index in [0.717, 1.165) is 0 Å². The Labute approximate surface area is 54.0 Å². The maximum atomic E-state index is 4.64. The van der Waals surface area contributed by atoms with Crippen molar-refractivity contribution in [3.8, 4) is 0 Å². The van der Waals surface area contributed by atoms with E-state index in [4.69, 9.17) is 0 Å². The van der Waals surface area contributed by atoms with Crippen molar-refractivity contribution in [1.82, 2.24) is 0 Å². The molecule has 0 saturated carbocycles. The van der Waals surface area contributed by atoms with E-state index in [2.05, 4.69) is 9.78 Å². The number of rotatable bonds is 0. The lowest BCUT2D eigenvalue weighted by Crippen LogP contribution is -1.85. The van der Waals surface area contributed by atoms with Crippen molar-refractivity contribution in [3.63, 3.8) is 0 Å². The molecule has 0 unspecified atom stereocenters. The summed E-state index contributed by atoms with van der Waals surface area (Å²) >= 11 is 0. The molecule has 48 valence electrons. The van der Waals surface area contributed by atoms with Crippen LogP contribution in [0.1, 0.15) is 0 Å². The standard InChI is InChI=1S/C7H8O2/c1-2-4-6-8-9-7-5-3-1/h1-6H,7H2. The number of hydrogen-bond acceptors (Lipinski definition) is 2. The van der Waals surface area contributed by atoms with Crippen molar-refractivity contribution in [1.29, 1.82) is 0 Å². The third-order valence-electron chi connectivity index (χ3n) is 0.836. The molecule has 0 fully saturated rings. The Bertz CT molecular complexity index is 129. The highest BCUT2D eigenvalue weighted by Gasteiger charge is 1.78. The van der Waals surface area contributed by atoms with E-state index in [1.807, 2.05) is 24.3 Å². The van der Waals surface area contributed by atoms with Crippen molar-refractivity contribution in [2.24, 2.45) is 0 Å². The highest BCUT2D eigenvalue weighted by atomic mass is 17.2. The largest absolute Gasteiger partial charge is 0.345 e. The second kappa shape index (κ2) is 3.92. The normalized spacial score (nSPS) is 17.8. The zero-order chi connectivity index (χ0) is 6.36. The third kappa shape index (κ3) is 2.72. The molecule has 0 spiro atoms. The molecule has 0 bridgehead atoms. The molecule has 0 aromatic rings. The summed E-state index contributed by atoms with van der Waals surface area (Å²) in [4.78, 5) is 9.21. The van der Waals surface area contributed by atoms with Gasteiger partial charge in [0.25, 0.3) is 0 Å². The van der Waals surface area contributed by atoms with E-state index >= 15 is 0 Å². The lowest BCUT2D eigenvalue weighted by atomic mass is 10.4. The first-order chi connectivity index (χ1) is 4.50. The summed E-state index contributed by atoms with van der Waals surface area (Å²) in [6, 6.07) is 0. The Kier molecular flexibility index (Phi) is 2.66. The molecule has 0 saturated heterocycles. The average molecular weight is 124 g/mol. The van der Waals surface area contributed by atoms with Gasteiger partial charge in [0.2, 0.25) is 0 Å². The summed E-state index contributed by atoms with van der Waals surface area (Å²) < 4.78 is 0. The van der Waals surface area contributed by atoms with Crippen molar-refractivity contribution >= 4 is 0 Å². The second-order valence-electron chi connectivity index (χ2n) is 1.52. The molecule has 0 aliphatic carbocycles. The monoisotopic (exact) mass is 124 g/mol. The van der Waals surface area contributed by atoms with Crippen LogP contribution in [0.2, 0.25) is 0 Å². The molecule has 2 heteroatoms. The SMILES string of the molecule is C1=CC=COOCC=C1. The van der Waals surface area contributed by atoms with E-state index < -0.39 is 0 Å². The molecule has 1 aliphatic heterocycles. The van der Waals surface area contributed by atoms with Crippen LogP contribution in [0, 0.1) is 0 Å². The van der Waals surface area contributed by atoms with E-state index in [1.54, 1.807) is 6.08 Å². The van der Waals surface area contributed by atoms with Gasteiger partial charge in [-0.3, -0.25) is 0 Å². The van der Waals surface area contributed by atoms with Crippen LogP contribution < -0.4 is 0 Å². The summed E-state index contributed by atoms with van der Waals surface area (Å²) in [6.45, 7) is 0.495. The first-order valence-corrected chi connectivity index (χ1v) is 2.77. The van der Waals surface area contributed by atoms with Gasteiger partial charge in [-0.15, -0.1) is 0 Å². The van der Waals surface area contributed by atoms with E-state index in [0.29, 0.717) is 6.61 Å². The van der Waals surface area contributed by atoms with Crippen molar-refractivity contribution in [2.45, 2.75) is 0 Å². The molecule has 0 amide bonds. The van der Waals surface area contributed by atoms with Gasteiger partial charge in [-0.25, -0.2) is 0 Å². The molecule has 1 heterocycles. The molecule has 0 radical (unpaired) electrons. The fraction of sp³-hybridized carbons (Fsp3) is 0.143. The minimum atomic E-state index is 0.495. The van der Waals surface area contributed by atoms with Gasteiger partial charge >= 0.3 is 0 Å². The van der Waals surface area contributed by atoms with Crippen LogP contribution in [0.15, 0.2) is 36.6 Å². The van der Waals surface area contributed by atoms with E-state index in [9.17, 15) is 0 Å². The number of hydrogen-bond donors (Lipinski definition) is 0. The van der Waals surface area contributed by atoms with Crippen LogP contribution in [0.3, 0.4) is 0 Å². The Balaban J connectivity index is 2.45. The van der Waals surface area contributed by atoms with Crippen molar-refractivity contribution < 1.29 is 9.78 Å². The minimum absolute atomic E-state index is 0.495. The molecular formula is C7H8O2. The van der Waals surface area contributed by atoms with Gasteiger partial charge < -0.3 is 4.89 Å². The summed E-state index contributed by atoms with van der Waals surface area (Å²) in [7, 11) is 0. The average Bonchev–Trinajstić information content (AvgIpc) is 2.00. The molecule has 9 heavy (non-hydrogen) atoms. The summed E-state index contributed by atoms with van der Waals surface area (Å²) in [5.41, 5.74) is 0. The van der Waals surface area contributed by atoms with Gasteiger partial charge in [-0.05, 0) is 6.08 Å². The molecule has 2 nitrogen and oxygen atoms in total. The molecule has 0 N–H and O–H groups in total. The molecular weight excluding hydrogens is 116 g/mol. The fourth-order valence-corrected chi connectivity index (χ4v) is 0.458. The van der Waals surface area contributed by atoms with Crippen LogP contribution in [0.4, 0.5) is 0 Å². The molecule has 0 atom stereocenters. The van der Waals surface area contributed by atoms with Crippen molar-refractivity contribution in [2.75, 3.05) is 6.61 Å². The van der Waals surface area contributed by atoms with Gasteiger partial charge in [0, 0.05) is 0 Å². The molecule has 0 aromatic heterocycles. The van der Waals surface area contributed by atoms with Gasteiger partial charge in [0.15, 0.2) is 0 Å². The van der Waals surface area contributed by atoms with Crippen LogP contribution >= 0.6 is 0 Å². The predicted octanol–water partition coefficient (Wildman–Crippen LogP) is 1.57. The van der Waals surface area contributed by atoms with E-state index in [-0.39, 0.29) is 0 Å². The minimum Gasteiger partial charge on any atom is -0.345 e. The third-order valence-corrected chi connectivity index (χ3v) is 0.836. The lowest BCUT2D eigenvalue weighted by Gasteiger charge is -1.92. The van der Waals surface area contributed by atoms with Crippen LogP contribution in [0.25, 0.3) is 0 Å². The zero-order valence-electron chi connectivity index (χ0n) is 4.99. The lowest BCUT2D eigenvalue weighted by molar-refractivity contribution is -0.238. The smallest absolute Gasteiger partial charge is 0.129 e. The first kappa shape index (κ1) is 6.11. The summed E-state index contributed by atoms with van der Waals surface area (Å²) in [5.74, 6) is 0. The Hall–Kier alpha value is -1.02. The second-order valence-corrected chi connectivity index (χ2v) is 1.52. The quantitative estimate of drug-likeness (QED) is 0.456. The van der Waals surface area contributed by atoms with Crippen LogP contribution in [-0.2, 0) is 9.78 Å². The zero-order valence-corrected chi connectivity index (χ0v) is 4.99. The highest BCUT2D eigenvalue weighted by Crippen LogP contribution is 1.88. The Morgan fingerprint density at radius 1 is 1.00 bits per heavy atom. The molecule has 1 rings (SSSR count). The summed E-state index contributed by atoms with van der Waals surface area (Å²) in [6.07, 6.45) is 10.8. The Morgan fingerprint density at radius 3 is 2.89 bits per heavy atom.